The molecule has 0 unspecified atom stereocenters. The van der Waals surface area contributed by atoms with Gasteiger partial charge in [-0.25, -0.2) is 0 Å². The maximum absolute atomic E-state index is 3.91. The molecule has 1 saturated carbocycles. The van der Waals surface area contributed by atoms with Crippen LogP contribution in [0.15, 0.2) is 24.3 Å². The zero-order chi connectivity index (χ0) is 15.0. The van der Waals surface area contributed by atoms with Crippen molar-refractivity contribution in [3.05, 3.63) is 35.5 Å². The molecule has 5 aliphatic rings. The molecule has 120 valence electrons. The van der Waals surface area contributed by atoms with E-state index in [1.54, 1.807) is 11.3 Å². The Kier molecular flexibility index (Phi) is 2.61. The molecule has 0 amide bonds. The van der Waals surface area contributed by atoms with E-state index in [1.165, 1.54) is 56.1 Å². The molecule has 23 heavy (non-hydrogen) atoms. The third-order valence-corrected chi connectivity index (χ3v) is 7.26. The summed E-state index contributed by atoms with van der Waals surface area (Å²) < 4.78 is 0. The molecule has 3 saturated heterocycles. The van der Waals surface area contributed by atoms with Gasteiger partial charge in [0.05, 0.1) is 6.04 Å². The summed E-state index contributed by atoms with van der Waals surface area (Å²) in [5.41, 5.74) is 4.51. The number of aromatic amines is 1. The van der Waals surface area contributed by atoms with Gasteiger partial charge in [0.1, 0.15) is 0 Å². The minimum absolute atomic E-state index is 0.636. The first-order valence-electron chi connectivity index (χ1n) is 9.50. The van der Waals surface area contributed by atoms with E-state index < -0.39 is 0 Å². The van der Waals surface area contributed by atoms with Gasteiger partial charge in [0.15, 0.2) is 0 Å². The van der Waals surface area contributed by atoms with Crippen molar-refractivity contribution >= 4 is 10.9 Å². The number of benzene rings is 1. The van der Waals surface area contributed by atoms with Crippen molar-refractivity contribution in [2.75, 3.05) is 13.1 Å². The van der Waals surface area contributed by atoms with Gasteiger partial charge in [-0.3, -0.25) is 4.90 Å². The fraction of sp³-hybridized carbons (Fsp3) is 0.600. The van der Waals surface area contributed by atoms with Crippen molar-refractivity contribution in [1.82, 2.24) is 15.2 Å². The zero-order valence-corrected chi connectivity index (χ0v) is 13.6. The number of H-pyrrole nitrogens is 1. The van der Waals surface area contributed by atoms with Crippen LogP contribution in [0.5, 0.6) is 0 Å². The van der Waals surface area contributed by atoms with Crippen LogP contribution >= 0.6 is 0 Å². The Morgan fingerprint density at radius 1 is 1.04 bits per heavy atom. The van der Waals surface area contributed by atoms with E-state index in [4.69, 9.17) is 0 Å². The Bertz CT molecular complexity index is 763. The Morgan fingerprint density at radius 2 is 2.00 bits per heavy atom. The quantitative estimate of drug-likeness (QED) is 0.783. The van der Waals surface area contributed by atoms with E-state index in [-0.39, 0.29) is 0 Å². The van der Waals surface area contributed by atoms with Crippen molar-refractivity contribution in [1.29, 1.82) is 0 Å². The molecule has 1 aromatic carbocycles. The molecule has 2 N–H and O–H groups in total. The fourth-order valence-electron chi connectivity index (χ4n) is 6.48. The molecule has 7 rings (SSSR count). The van der Waals surface area contributed by atoms with Crippen LogP contribution in [0.4, 0.5) is 0 Å². The molecule has 4 aliphatic heterocycles. The second-order valence-electron chi connectivity index (χ2n) is 8.09. The molecular weight excluding hydrogens is 282 g/mol. The van der Waals surface area contributed by atoms with Gasteiger partial charge in [0, 0.05) is 35.2 Å². The average molecular weight is 307 g/mol. The molecule has 1 aliphatic carbocycles. The van der Waals surface area contributed by atoms with Crippen molar-refractivity contribution < 1.29 is 0 Å². The summed E-state index contributed by atoms with van der Waals surface area (Å²) in [4.78, 5) is 6.72. The third-order valence-electron chi connectivity index (χ3n) is 7.26. The zero-order valence-electron chi connectivity index (χ0n) is 13.6. The first-order chi connectivity index (χ1) is 11.4. The minimum atomic E-state index is 0.636. The van der Waals surface area contributed by atoms with Crippen LogP contribution in [0, 0.1) is 11.8 Å². The summed E-state index contributed by atoms with van der Waals surface area (Å²) >= 11 is 0. The van der Waals surface area contributed by atoms with E-state index in [9.17, 15) is 0 Å². The molecule has 5 atom stereocenters. The van der Waals surface area contributed by atoms with Gasteiger partial charge in [-0.15, -0.1) is 0 Å². The van der Waals surface area contributed by atoms with Gasteiger partial charge in [-0.05, 0) is 62.1 Å². The Balaban J connectivity index is 1.50. The smallest absolute Gasteiger partial charge is 0.0547 e. The van der Waals surface area contributed by atoms with E-state index >= 15 is 0 Å². The second-order valence-corrected chi connectivity index (χ2v) is 8.09. The first kappa shape index (κ1) is 13.0. The highest BCUT2D eigenvalue weighted by molar-refractivity contribution is 5.85. The van der Waals surface area contributed by atoms with Crippen molar-refractivity contribution in [3.8, 4) is 0 Å². The first-order valence-corrected chi connectivity index (χ1v) is 9.50. The lowest BCUT2D eigenvalue weighted by atomic mass is 9.61. The van der Waals surface area contributed by atoms with Crippen molar-refractivity contribution in [3.63, 3.8) is 0 Å². The number of hydrogen-bond acceptors (Lipinski definition) is 2. The molecule has 0 radical (unpaired) electrons. The molecule has 2 bridgehead atoms. The summed E-state index contributed by atoms with van der Waals surface area (Å²) in [5.74, 6) is 1.71. The van der Waals surface area contributed by atoms with Crippen molar-refractivity contribution in [2.24, 2.45) is 11.8 Å². The summed E-state index contributed by atoms with van der Waals surface area (Å²) in [5, 5.41) is 5.38. The standard InChI is InChI=1S/C20H25N3/c1-2-6-16-12(4-1)13-9-11-23-17-8-7-15(20(23)19(13)22-16)18-14(17)5-3-10-21-18/h1-2,4,6,14-15,17-18,20-22H,3,5,7-11H2/t14-,15+,17-,18-,20-/m0/s1. The van der Waals surface area contributed by atoms with E-state index in [1.807, 2.05) is 0 Å². The van der Waals surface area contributed by atoms with Crippen LogP contribution in [0.25, 0.3) is 10.9 Å². The van der Waals surface area contributed by atoms with Gasteiger partial charge in [-0.1, -0.05) is 18.2 Å². The largest absolute Gasteiger partial charge is 0.357 e. The van der Waals surface area contributed by atoms with Gasteiger partial charge in [0.2, 0.25) is 0 Å². The van der Waals surface area contributed by atoms with Crippen LogP contribution in [-0.4, -0.2) is 35.1 Å². The van der Waals surface area contributed by atoms with Crippen molar-refractivity contribution in [2.45, 2.75) is 50.2 Å². The predicted molar refractivity (Wildman–Crippen MR) is 92.5 cm³/mol. The Morgan fingerprint density at radius 3 is 3.00 bits per heavy atom. The van der Waals surface area contributed by atoms with Gasteiger partial charge >= 0.3 is 0 Å². The molecule has 0 spiro atoms. The highest BCUT2D eigenvalue weighted by Crippen LogP contribution is 2.54. The van der Waals surface area contributed by atoms with Crippen LogP contribution in [-0.2, 0) is 6.42 Å². The molecule has 2 aromatic rings. The second kappa shape index (κ2) is 4.61. The minimum Gasteiger partial charge on any atom is -0.357 e. The van der Waals surface area contributed by atoms with E-state index in [0.29, 0.717) is 6.04 Å². The Labute approximate surface area is 137 Å². The molecule has 3 heteroatoms. The monoisotopic (exact) mass is 307 g/mol. The summed E-state index contributed by atoms with van der Waals surface area (Å²) in [6.45, 7) is 2.50. The lowest BCUT2D eigenvalue weighted by Gasteiger charge is -2.61. The highest BCUT2D eigenvalue weighted by Gasteiger charge is 2.55. The maximum Gasteiger partial charge on any atom is 0.0547 e. The SMILES string of the molecule is c1ccc2c3c([nH]c2c1)[C@@H]1[C@@H]2CC[C@@H]([C@@H]4CCCN[C@H]24)N1CC3. The number of nitrogens with one attached hydrogen (secondary N) is 2. The summed E-state index contributed by atoms with van der Waals surface area (Å²) in [6.07, 6.45) is 6.89. The number of para-hydroxylation sites is 1. The van der Waals surface area contributed by atoms with E-state index in [2.05, 4.69) is 39.5 Å². The van der Waals surface area contributed by atoms with Crippen LogP contribution in [0.3, 0.4) is 0 Å². The Hall–Kier alpha value is -1.32. The summed E-state index contributed by atoms with van der Waals surface area (Å²) in [7, 11) is 0. The molecule has 3 nitrogen and oxygen atoms in total. The van der Waals surface area contributed by atoms with Gasteiger partial charge in [0.25, 0.3) is 0 Å². The lowest BCUT2D eigenvalue weighted by molar-refractivity contribution is -0.0920. The van der Waals surface area contributed by atoms with Crippen LogP contribution in [0.2, 0.25) is 0 Å². The topological polar surface area (TPSA) is 31.1 Å². The normalized spacial score (nSPS) is 39.0. The maximum atomic E-state index is 3.91. The highest BCUT2D eigenvalue weighted by atomic mass is 15.3. The third kappa shape index (κ3) is 1.62. The molecule has 5 heterocycles. The van der Waals surface area contributed by atoms with Gasteiger partial charge < -0.3 is 10.3 Å². The average Bonchev–Trinajstić information content (AvgIpc) is 3.01. The number of piperidine rings is 3. The number of fused-ring (bicyclic) bond motifs is 4. The lowest BCUT2D eigenvalue weighted by Crippen LogP contribution is -2.67. The number of aromatic nitrogens is 1. The fourth-order valence-corrected chi connectivity index (χ4v) is 6.48. The van der Waals surface area contributed by atoms with Crippen LogP contribution in [0.1, 0.15) is 43.0 Å². The summed E-state index contributed by atoms with van der Waals surface area (Å²) in [6, 6.07) is 11.1. The van der Waals surface area contributed by atoms with Gasteiger partial charge in [-0.2, -0.15) is 0 Å². The number of rotatable bonds is 0. The van der Waals surface area contributed by atoms with E-state index in [0.717, 1.165) is 23.9 Å². The van der Waals surface area contributed by atoms with Crippen LogP contribution < -0.4 is 5.32 Å². The molecule has 4 fully saturated rings. The number of hydrogen-bond donors (Lipinski definition) is 2. The molecular formula is C20H25N3. The molecule has 1 aromatic heterocycles. The predicted octanol–water partition coefficient (Wildman–Crippen LogP) is 3.23. The number of nitrogens with zero attached hydrogens (tertiary/aromatic N) is 1.